The van der Waals surface area contributed by atoms with Gasteiger partial charge in [0.1, 0.15) is 12.2 Å². The lowest BCUT2D eigenvalue weighted by Gasteiger charge is -2.33. The number of hydrogen-bond acceptors (Lipinski definition) is 5. The molecule has 0 aromatic heterocycles. The van der Waals surface area contributed by atoms with Gasteiger partial charge in [-0.1, -0.05) is 12.1 Å². The van der Waals surface area contributed by atoms with Crippen molar-refractivity contribution in [1.29, 1.82) is 0 Å². The van der Waals surface area contributed by atoms with Crippen molar-refractivity contribution in [2.75, 3.05) is 31.1 Å². The van der Waals surface area contributed by atoms with E-state index in [1.54, 1.807) is 23.1 Å². The molecule has 3 rings (SSSR count). The molecule has 0 saturated carbocycles. The Morgan fingerprint density at radius 2 is 1.59 bits per heavy atom. The van der Waals surface area contributed by atoms with Crippen LogP contribution in [-0.4, -0.2) is 36.0 Å². The molecule has 0 unspecified atom stereocenters. The van der Waals surface area contributed by atoms with Crippen LogP contribution in [0.4, 0.5) is 30.2 Å². The first kappa shape index (κ1) is 20.5. The Morgan fingerprint density at radius 1 is 0.966 bits per heavy atom. The Kier molecular flexibility index (Phi) is 5.69. The second kappa shape index (κ2) is 8.03. The fourth-order valence-corrected chi connectivity index (χ4v) is 3.46. The van der Waals surface area contributed by atoms with Crippen molar-refractivity contribution in [1.82, 2.24) is 0 Å². The molecule has 1 N–H and O–H groups in total. The molecule has 154 valence electrons. The Labute approximate surface area is 163 Å². The van der Waals surface area contributed by atoms with Crippen LogP contribution in [0, 0.1) is 20.2 Å². The van der Waals surface area contributed by atoms with Gasteiger partial charge in [-0.3, -0.25) is 20.2 Å². The summed E-state index contributed by atoms with van der Waals surface area (Å²) < 4.78 is 38.6. The number of halogens is 3. The molecule has 1 heterocycles. The third-order valence-corrected chi connectivity index (χ3v) is 4.94. The number of alkyl halides is 3. The van der Waals surface area contributed by atoms with Crippen LogP contribution in [0.2, 0.25) is 0 Å². The number of nitro groups is 2. The minimum absolute atomic E-state index is 0.0424. The highest BCUT2D eigenvalue weighted by Crippen LogP contribution is 2.36. The lowest BCUT2D eigenvalue weighted by atomic mass is 10.1. The van der Waals surface area contributed by atoms with Gasteiger partial charge in [-0.05, 0) is 18.2 Å². The van der Waals surface area contributed by atoms with Gasteiger partial charge in [-0.25, -0.2) is 0 Å². The van der Waals surface area contributed by atoms with Crippen molar-refractivity contribution < 1.29 is 27.9 Å². The molecule has 8 nitrogen and oxygen atoms in total. The second-order valence-corrected chi connectivity index (χ2v) is 6.76. The van der Waals surface area contributed by atoms with Gasteiger partial charge in [0, 0.05) is 12.1 Å². The van der Waals surface area contributed by atoms with Gasteiger partial charge >= 0.3 is 6.18 Å². The lowest BCUT2D eigenvalue weighted by Crippen LogP contribution is -3.13. The predicted octanol–water partition coefficient (Wildman–Crippen LogP) is 2.43. The number of para-hydroxylation sites is 1. The summed E-state index contributed by atoms with van der Waals surface area (Å²) in [5.41, 5.74) is -0.856. The third-order valence-electron chi connectivity index (χ3n) is 4.94. The average molecular weight is 411 g/mol. The largest absolute Gasteiger partial charge is 0.416 e. The Balaban J connectivity index is 1.73. The molecule has 0 spiro atoms. The number of quaternary nitrogens is 1. The molecule has 0 amide bonds. The Morgan fingerprint density at radius 3 is 2.17 bits per heavy atom. The van der Waals surface area contributed by atoms with E-state index in [0.29, 0.717) is 44.4 Å². The molecule has 29 heavy (non-hydrogen) atoms. The van der Waals surface area contributed by atoms with Crippen LogP contribution in [0.25, 0.3) is 0 Å². The van der Waals surface area contributed by atoms with E-state index in [0.717, 1.165) is 17.0 Å². The summed E-state index contributed by atoms with van der Waals surface area (Å²) in [6, 6.07) is 8.99. The van der Waals surface area contributed by atoms with Crippen LogP contribution >= 0.6 is 0 Å². The molecule has 0 atom stereocenters. The number of rotatable bonds is 5. The fraction of sp³-hybridized carbons (Fsp3) is 0.333. The zero-order chi connectivity index (χ0) is 21.2. The molecule has 0 aliphatic carbocycles. The quantitative estimate of drug-likeness (QED) is 0.603. The van der Waals surface area contributed by atoms with Crippen LogP contribution in [0.15, 0.2) is 42.5 Å². The van der Waals surface area contributed by atoms with E-state index < -0.39 is 27.3 Å². The van der Waals surface area contributed by atoms with Gasteiger partial charge in [0.05, 0.1) is 47.2 Å². The number of hydrogen-bond donors (Lipinski definition) is 1. The smallest absolute Gasteiger partial charge is 0.355 e. The monoisotopic (exact) mass is 411 g/mol. The number of nitrogens with zero attached hydrogens (tertiary/aromatic N) is 3. The fourth-order valence-electron chi connectivity index (χ4n) is 3.46. The van der Waals surface area contributed by atoms with Crippen LogP contribution in [0.5, 0.6) is 0 Å². The van der Waals surface area contributed by atoms with Gasteiger partial charge in [0.25, 0.3) is 11.4 Å². The van der Waals surface area contributed by atoms with Crippen LogP contribution in [-0.2, 0) is 12.7 Å². The lowest BCUT2D eigenvalue weighted by molar-refractivity contribution is -0.914. The second-order valence-electron chi connectivity index (χ2n) is 6.76. The zero-order valence-corrected chi connectivity index (χ0v) is 15.2. The summed E-state index contributed by atoms with van der Waals surface area (Å²) in [4.78, 5) is 23.9. The SMILES string of the molecule is O=[N+]([O-])c1ccccc1C[NH+]1CCN(c2ccc(C(F)(F)F)cc2[N+](=O)[O-])CC1. The van der Waals surface area contributed by atoms with Crippen molar-refractivity contribution in [3.8, 4) is 0 Å². The maximum absolute atomic E-state index is 12.9. The normalized spacial score (nSPS) is 15.3. The molecular formula is C18H18F3N4O4+. The first-order valence-corrected chi connectivity index (χ1v) is 8.83. The average Bonchev–Trinajstić information content (AvgIpc) is 2.67. The van der Waals surface area contributed by atoms with Crippen molar-refractivity contribution in [3.63, 3.8) is 0 Å². The number of nitrogens with one attached hydrogen (secondary N) is 1. The summed E-state index contributed by atoms with van der Waals surface area (Å²) in [7, 11) is 0. The molecule has 0 bridgehead atoms. The van der Waals surface area contributed by atoms with Gasteiger partial charge < -0.3 is 9.80 Å². The highest BCUT2D eigenvalue weighted by Gasteiger charge is 2.34. The molecule has 2 aromatic rings. The maximum atomic E-state index is 12.9. The van der Waals surface area contributed by atoms with Crippen LogP contribution in [0.3, 0.4) is 0 Å². The highest BCUT2D eigenvalue weighted by atomic mass is 19.4. The van der Waals surface area contributed by atoms with Crippen molar-refractivity contribution in [2.24, 2.45) is 0 Å². The molecule has 11 heteroatoms. The van der Waals surface area contributed by atoms with Crippen LogP contribution in [0.1, 0.15) is 11.1 Å². The summed E-state index contributed by atoms with van der Waals surface area (Å²) in [6.07, 6.45) is -4.66. The first-order chi connectivity index (χ1) is 13.7. The highest BCUT2D eigenvalue weighted by molar-refractivity contribution is 5.64. The number of anilines is 1. The minimum atomic E-state index is -4.66. The van der Waals surface area contributed by atoms with Crippen molar-refractivity contribution in [2.45, 2.75) is 12.7 Å². The molecule has 2 aromatic carbocycles. The summed E-state index contributed by atoms with van der Waals surface area (Å²) in [5, 5.41) is 22.4. The van der Waals surface area contributed by atoms with E-state index in [-0.39, 0.29) is 11.4 Å². The van der Waals surface area contributed by atoms with E-state index in [1.165, 1.54) is 6.07 Å². The molecular weight excluding hydrogens is 393 g/mol. The standard InChI is InChI=1S/C18H17F3N4O4/c19-18(20,21)14-5-6-16(17(11-14)25(28)29)23-9-7-22(8-10-23)12-13-3-1-2-4-15(13)24(26)27/h1-6,11H,7-10,12H2/p+1. The summed E-state index contributed by atoms with van der Waals surface area (Å²) in [6.45, 7) is 2.30. The summed E-state index contributed by atoms with van der Waals surface area (Å²) >= 11 is 0. The molecule has 1 fully saturated rings. The molecule has 0 radical (unpaired) electrons. The van der Waals surface area contributed by atoms with E-state index in [2.05, 4.69) is 0 Å². The van der Waals surface area contributed by atoms with Gasteiger partial charge in [0.2, 0.25) is 0 Å². The van der Waals surface area contributed by atoms with E-state index in [9.17, 15) is 33.4 Å². The van der Waals surface area contributed by atoms with E-state index in [4.69, 9.17) is 0 Å². The predicted molar refractivity (Wildman–Crippen MR) is 97.8 cm³/mol. The first-order valence-electron chi connectivity index (χ1n) is 8.83. The van der Waals surface area contributed by atoms with Gasteiger partial charge in [0.15, 0.2) is 0 Å². The Bertz CT molecular complexity index is 928. The molecule has 1 aliphatic rings. The molecule has 1 aliphatic heterocycles. The van der Waals surface area contributed by atoms with E-state index in [1.807, 2.05) is 0 Å². The maximum Gasteiger partial charge on any atom is 0.416 e. The van der Waals surface area contributed by atoms with E-state index >= 15 is 0 Å². The number of benzene rings is 2. The topological polar surface area (TPSA) is 94.0 Å². The van der Waals surface area contributed by atoms with Gasteiger partial charge in [-0.15, -0.1) is 0 Å². The van der Waals surface area contributed by atoms with Crippen LogP contribution < -0.4 is 9.80 Å². The zero-order valence-electron chi connectivity index (χ0n) is 15.2. The van der Waals surface area contributed by atoms with Crippen molar-refractivity contribution in [3.05, 3.63) is 73.8 Å². The molecule has 1 saturated heterocycles. The number of nitro benzene ring substituents is 2. The Hall–Kier alpha value is -3.21. The third kappa shape index (κ3) is 4.62. The van der Waals surface area contributed by atoms with Gasteiger partial charge in [-0.2, -0.15) is 13.2 Å². The number of piperazine rings is 1. The summed E-state index contributed by atoms with van der Waals surface area (Å²) in [5.74, 6) is 0. The minimum Gasteiger partial charge on any atom is -0.355 e. The van der Waals surface area contributed by atoms with Crippen molar-refractivity contribution >= 4 is 17.1 Å².